The van der Waals surface area contributed by atoms with E-state index in [0.29, 0.717) is 0 Å². The van der Waals surface area contributed by atoms with Crippen LogP contribution < -0.4 is 10.6 Å². The summed E-state index contributed by atoms with van der Waals surface area (Å²) >= 11 is 1.69. The smallest absolute Gasteiger partial charge is 0.301 e. The van der Waals surface area contributed by atoms with Gasteiger partial charge in [-0.05, 0) is 39.2 Å². The first-order chi connectivity index (χ1) is 12.5. The number of aromatic nitrogens is 1. The number of amides is 1. The number of aryl methyl sites for hydroxylation is 1. The van der Waals surface area contributed by atoms with Crippen molar-refractivity contribution in [3.63, 3.8) is 0 Å². The first-order valence-electron chi connectivity index (χ1n) is 8.54. The van der Waals surface area contributed by atoms with Crippen LogP contribution in [0.1, 0.15) is 36.6 Å². The van der Waals surface area contributed by atoms with E-state index in [9.17, 15) is 4.79 Å². The van der Waals surface area contributed by atoms with Crippen LogP contribution >= 0.6 is 11.3 Å². The van der Waals surface area contributed by atoms with Crippen LogP contribution in [0.5, 0.6) is 0 Å². The number of carbonyl (C=O) groups is 1. The zero-order valence-corrected chi connectivity index (χ0v) is 16.0. The minimum absolute atomic E-state index is 0.102. The highest BCUT2D eigenvalue weighted by Crippen LogP contribution is 2.28. The van der Waals surface area contributed by atoms with E-state index in [1.807, 2.05) is 20.2 Å². The Bertz CT molecular complexity index is 817. The molecule has 138 valence electrons. The van der Waals surface area contributed by atoms with E-state index >= 15 is 0 Å². The van der Waals surface area contributed by atoms with Crippen LogP contribution in [0.25, 0.3) is 0 Å². The number of anilines is 2. The van der Waals surface area contributed by atoms with Gasteiger partial charge >= 0.3 is 6.01 Å². The molecule has 2 aromatic rings. The molecule has 3 rings (SSSR count). The highest BCUT2D eigenvalue weighted by molar-refractivity contribution is 7.16. The minimum atomic E-state index is -0.224. The molecule has 1 saturated carbocycles. The number of allylic oxidation sites excluding steroid dienone is 1. The molecule has 0 unspecified atom stereocenters. The molecule has 1 aliphatic rings. The SMILES string of the molecule is CNc1cc(/C(C)=N\N(C=C2CCC2)CC(=O)Nc2ncco2)c(C)s1. The van der Waals surface area contributed by atoms with Crippen LogP contribution in [0.3, 0.4) is 0 Å². The molecule has 7 nitrogen and oxygen atoms in total. The molecule has 0 bridgehead atoms. The quantitative estimate of drug-likeness (QED) is 0.569. The lowest BCUT2D eigenvalue weighted by atomic mass is 9.93. The average molecular weight is 373 g/mol. The van der Waals surface area contributed by atoms with E-state index < -0.39 is 0 Å². The lowest BCUT2D eigenvalue weighted by Crippen LogP contribution is -2.28. The van der Waals surface area contributed by atoms with E-state index in [0.717, 1.165) is 29.1 Å². The molecular formula is C18H23N5O2S. The van der Waals surface area contributed by atoms with Crippen molar-refractivity contribution in [2.75, 3.05) is 24.2 Å². The maximum absolute atomic E-state index is 12.3. The third-order valence-corrected chi connectivity index (χ3v) is 5.21. The predicted octanol–water partition coefficient (Wildman–Crippen LogP) is 3.82. The minimum Gasteiger partial charge on any atom is -0.432 e. The number of hydrogen-bond acceptors (Lipinski definition) is 7. The number of nitrogens with zero attached hydrogens (tertiary/aromatic N) is 3. The second-order valence-corrected chi connectivity index (χ2v) is 7.40. The molecule has 2 aromatic heterocycles. The zero-order valence-electron chi connectivity index (χ0n) is 15.2. The summed E-state index contributed by atoms with van der Waals surface area (Å²) in [5.74, 6) is -0.224. The van der Waals surface area contributed by atoms with Gasteiger partial charge in [0.25, 0.3) is 0 Å². The van der Waals surface area contributed by atoms with Gasteiger partial charge in [-0.15, -0.1) is 11.3 Å². The molecule has 0 atom stereocenters. The first-order valence-corrected chi connectivity index (χ1v) is 9.36. The molecule has 0 radical (unpaired) electrons. The number of thiophene rings is 1. The van der Waals surface area contributed by atoms with Gasteiger partial charge in [0.2, 0.25) is 5.91 Å². The van der Waals surface area contributed by atoms with Gasteiger partial charge in [0.1, 0.15) is 12.8 Å². The van der Waals surface area contributed by atoms with E-state index in [2.05, 4.69) is 33.7 Å². The lowest BCUT2D eigenvalue weighted by molar-refractivity contribution is -0.116. The van der Waals surface area contributed by atoms with Crippen molar-refractivity contribution in [3.05, 3.63) is 40.7 Å². The van der Waals surface area contributed by atoms with Gasteiger partial charge in [0, 0.05) is 23.7 Å². The van der Waals surface area contributed by atoms with Gasteiger partial charge in [0.15, 0.2) is 0 Å². The number of nitrogens with one attached hydrogen (secondary N) is 2. The Morgan fingerprint density at radius 1 is 1.50 bits per heavy atom. The molecule has 8 heteroatoms. The van der Waals surface area contributed by atoms with Crippen molar-refractivity contribution in [1.82, 2.24) is 9.99 Å². The van der Waals surface area contributed by atoms with Gasteiger partial charge in [-0.25, -0.2) is 4.98 Å². The largest absolute Gasteiger partial charge is 0.432 e. The normalized spacial score (nSPS) is 14.0. The third kappa shape index (κ3) is 4.51. The second kappa shape index (κ2) is 8.18. The van der Waals surface area contributed by atoms with Crippen molar-refractivity contribution in [1.29, 1.82) is 0 Å². The highest BCUT2D eigenvalue weighted by Gasteiger charge is 2.15. The number of rotatable bonds is 7. The van der Waals surface area contributed by atoms with Crippen molar-refractivity contribution >= 4 is 34.0 Å². The van der Waals surface area contributed by atoms with Gasteiger partial charge in [-0.2, -0.15) is 5.10 Å². The number of hydrogen-bond donors (Lipinski definition) is 2. The Balaban J connectivity index is 1.76. The van der Waals surface area contributed by atoms with Crippen LogP contribution in [0.4, 0.5) is 11.0 Å². The predicted molar refractivity (Wildman–Crippen MR) is 105 cm³/mol. The van der Waals surface area contributed by atoms with Crippen molar-refractivity contribution in [2.24, 2.45) is 5.10 Å². The fourth-order valence-electron chi connectivity index (χ4n) is 2.63. The van der Waals surface area contributed by atoms with Gasteiger partial charge in [-0.3, -0.25) is 15.1 Å². The summed E-state index contributed by atoms with van der Waals surface area (Å²) in [7, 11) is 1.90. The highest BCUT2D eigenvalue weighted by atomic mass is 32.1. The summed E-state index contributed by atoms with van der Waals surface area (Å²) in [5.41, 5.74) is 3.27. The maximum atomic E-state index is 12.3. The molecule has 2 N–H and O–H groups in total. The Morgan fingerprint density at radius 3 is 2.88 bits per heavy atom. The molecule has 1 aliphatic carbocycles. The molecule has 2 heterocycles. The van der Waals surface area contributed by atoms with Crippen LogP contribution in [-0.2, 0) is 4.79 Å². The molecule has 26 heavy (non-hydrogen) atoms. The standard InChI is InChI=1S/C18H23N5O2S/c1-12(15-9-17(19-3)26-13(15)2)22-23(10-14-5-4-6-14)11-16(24)21-18-20-7-8-25-18/h7-10,19H,4-6,11H2,1-3H3,(H,20,21,24)/b22-12-. The summed E-state index contributed by atoms with van der Waals surface area (Å²) in [4.78, 5) is 17.4. The zero-order chi connectivity index (χ0) is 18.5. The second-order valence-electron chi connectivity index (χ2n) is 6.14. The molecule has 0 aromatic carbocycles. The summed E-state index contributed by atoms with van der Waals surface area (Å²) in [5, 5.41) is 13.3. The summed E-state index contributed by atoms with van der Waals surface area (Å²) in [6.45, 7) is 4.14. The summed E-state index contributed by atoms with van der Waals surface area (Å²) in [6, 6.07) is 2.28. The van der Waals surface area contributed by atoms with Crippen LogP contribution in [0.15, 0.2) is 39.8 Å². The fourth-order valence-corrected chi connectivity index (χ4v) is 3.56. The summed E-state index contributed by atoms with van der Waals surface area (Å²) in [6.07, 6.45) is 8.21. The Labute approximate surface area is 156 Å². The van der Waals surface area contributed by atoms with E-state index in [1.54, 1.807) is 16.3 Å². The monoisotopic (exact) mass is 373 g/mol. The van der Waals surface area contributed by atoms with Gasteiger partial charge in [0.05, 0.1) is 16.9 Å². The molecule has 0 aliphatic heterocycles. The Kier molecular flexibility index (Phi) is 5.72. The number of oxazole rings is 1. The maximum Gasteiger partial charge on any atom is 0.301 e. The molecule has 0 saturated heterocycles. The van der Waals surface area contributed by atoms with Crippen molar-refractivity contribution in [2.45, 2.75) is 33.1 Å². The van der Waals surface area contributed by atoms with Crippen molar-refractivity contribution < 1.29 is 9.21 Å². The van der Waals surface area contributed by atoms with E-state index in [4.69, 9.17) is 4.42 Å². The lowest BCUT2D eigenvalue weighted by Gasteiger charge is -2.21. The van der Waals surface area contributed by atoms with Crippen LogP contribution in [-0.4, -0.2) is 35.2 Å². The van der Waals surface area contributed by atoms with Gasteiger partial charge in [-0.1, -0.05) is 5.57 Å². The fraction of sp³-hybridized carbons (Fsp3) is 0.389. The molecule has 1 fully saturated rings. The topological polar surface area (TPSA) is 82.8 Å². The molecule has 0 spiro atoms. The molecular weight excluding hydrogens is 350 g/mol. The Morgan fingerprint density at radius 2 is 2.31 bits per heavy atom. The third-order valence-electron chi connectivity index (χ3n) is 4.14. The number of carbonyl (C=O) groups excluding carboxylic acids is 1. The van der Waals surface area contributed by atoms with Crippen LogP contribution in [0, 0.1) is 6.92 Å². The van der Waals surface area contributed by atoms with Gasteiger partial charge < -0.3 is 9.73 Å². The summed E-state index contributed by atoms with van der Waals surface area (Å²) < 4.78 is 5.06. The molecule has 1 amide bonds. The first kappa shape index (κ1) is 18.2. The Hall–Kier alpha value is -2.61. The van der Waals surface area contributed by atoms with E-state index in [1.165, 1.54) is 29.3 Å². The van der Waals surface area contributed by atoms with Crippen molar-refractivity contribution in [3.8, 4) is 0 Å². The average Bonchev–Trinajstić information content (AvgIpc) is 3.19. The van der Waals surface area contributed by atoms with E-state index in [-0.39, 0.29) is 18.5 Å². The van der Waals surface area contributed by atoms with Crippen LogP contribution in [0.2, 0.25) is 0 Å². The number of hydrazone groups is 1.